The number of carbonyl (C=O) groups is 2. The summed E-state index contributed by atoms with van der Waals surface area (Å²) in [6.45, 7) is 2.85. The number of hydrogen-bond acceptors (Lipinski definition) is 2. The van der Waals surface area contributed by atoms with E-state index in [1.807, 2.05) is 6.92 Å². The molecule has 1 heterocycles. The first-order valence-electron chi connectivity index (χ1n) is 4.66. The molecule has 1 N–H and O–H groups in total. The highest BCUT2D eigenvalue weighted by Gasteiger charge is 2.37. The van der Waals surface area contributed by atoms with Crippen LogP contribution in [0.2, 0.25) is 0 Å². The summed E-state index contributed by atoms with van der Waals surface area (Å²) in [6.07, 6.45) is -0.0685. The minimum absolute atomic E-state index is 0.112. The molecule has 1 aliphatic heterocycles. The fraction of sp³-hybridized carbons (Fsp3) is 0.778. The number of alkyl halides is 1. The fourth-order valence-electron chi connectivity index (χ4n) is 1.90. The molecular weight excluding hydrogens is 250 g/mol. The lowest BCUT2D eigenvalue weighted by Crippen LogP contribution is -2.28. The van der Waals surface area contributed by atoms with Gasteiger partial charge in [0.25, 0.3) is 0 Å². The summed E-state index contributed by atoms with van der Waals surface area (Å²) in [7, 11) is 0. The summed E-state index contributed by atoms with van der Waals surface area (Å²) in [4.78, 5) is 23.5. The lowest BCUT2D eigenvalue weighted by atomic mass is 9.91. The third-order valence-electron chi connectivity index (χ3n) is 2.78. The van der Waals surface area contributed by atoms with Gasteiger partial charge in [-0.15, -0.1) is 0 Å². The summed E-state index contributed by atoms with van der Waals surface area (Å²) < 4.78 is 0. The molecule has 1 amide bonds. The quantitative estimate of drug-likeness (QED) is 0.787. The van der Waals surface area contributed by atoms with Crippen LogP contribution in [-0.2, 0) is 4.79 Å². The zero-order valence-electron chi connectivity index (χ0n) is 8.07. The second-order valence-corrected chi connectivity index (χ2v) is 4.12. The van der Waals surface area contributed by atoms with Gasteiger partial charge in [-0.05, 0) is 5.92 Å². The zero-order valence-corrected chi connectivity index (χ0v) is 9.66. The van der Waals surface area contributed by atoms with Crippen molar-refractivity contribution in [3.63, 3.8) is 0 Å². The van der Waals surface area contributed by atoms with Gasteiger partial charge in [0, 0.05) is 19.0 Å². The van der Waals surface area contributed by atoms with Crippen molar-refractivity contribution < 1.29 is 14.7 Å². The summed E-state index contributed by atoms with van der Waals surface area (Å²) in [5.74, 6) is 0.187. The monoisotopic (exact) mass is 263 g/mol. The lowest BCUT2D eigenvalue weighted by Gasteiger charge is -2.12. The number of nitrogens with zero attached hydrogens (tertiary/aromatic N) is 1. The van der Waals surface area contributed by atoms with E-state index in [2.05, 4.69) is 15.9 Å². The molecule has 0 radical (unpaired) electrons. The molecule has 5 heteroatoms. The lowest BCUT2D eigenvalue weighted by molar-refractivity contribution is -0.120. The van der Waals surface area contributed by atoms with E-state index in [9.17, 15) is 9.59 Å². The predicted octanol–water partition coefficient (Wildman–Crippen LogP) is 1.59. The van der Waals surface area contributed by atoms with E-state index < -0.39 is 6.09 Å². The molecule has 0 spiro atoms. The number of hydrogen-bond donors (Lipinski definition) is 1. The first-order chi connectivity index (χ1) is 6.60. The number of likely N-dealkylation sites (tertiary alicyclic amines) is 1. The molecule has 2 atom stereocenters. The van der Waals surface area contributed by atoms with Crippen LogP contribution in [0.1, 0.15) is 13.3 Å². The molecule has 0 aliphatic carbocycles. The maximum absolute atomic E-state index is 11.5. The highest BCUT2D eigenvalue weighted by molar-refractivity contribution is 9.09. The van der Waals surface area contributed by atoms with Crippen LogP contribution in [0, 0.1) is 11.8 Å². The Labute approximate surface area is 91.4 Å². The largest absolute Gasteiger partial charge is 0.465 e. The van der Waals surface area contributed by atoms with E-state index in [1.54, 1.807) is 0 Å². The first-order valence-corrected chi connectivity index (χ1v) is 5.78. The molecule has 1 saturated heterocycles. The molecule has 1 fully saturated rings. The molecule has 1 rings (SSSR count). The molecule has 0 bridgehead atoms. The Bertz CT molecular complexity index is 244. The molecule has 0 aromatic rings. The van der Waals surface area contributed by atoms with Crippen LogP contribution in [-0.4, -0.2) is 40.3 Å². The maximum Gasteiger partial charge on any atom is 0.407 e. The summed E-state index contributed by atoms with van der Waals surface area (Å²) >= 11 is 3.12. The summed E-state index contributed by atoms with van der Waals surface area (Å²) in [5, 5.41) is 9.12. The highest BCUT2D eigenvalue weighted by Crippen LogP contribution is 2.27. The summed E-state index contributed by atoms with van der Waals surface area (Å²) in [5.41, 5.74) is 0. The highest BCUT2D eigenvalue weighted by atomic mass is 79.9. The molecule has 80 valence electrons. The van der Waals surface area contributed by atoms with Crippen LogP contribution >= 0.6 is 15.9 Å². The van der Waals surface area contributed by atoms with Gasteiger partial charge in [0.2, 0.25) is 0 Å². The summed E-state index contributed by atoms with van der Waals surface area (Å²) in [6, 6.07) is 0. The Hall–Kier alpha value is -0.580. The molecule has 0 saturated carbocycles. The van der Waals surface area contributed by atoms with Gasteiger partial charge >= 0.3 is 6.09 Å². The standard InChI is InChI=1S/C9H14BrNO3/c1-2-6-4-11(9(13)14)5-7(6)8(12)3-10/h6-7H,2-5H2,1H3,(H,13,14)/t6-,7+/m1/s1. The topological polar surface area (TPSA) is 57.6 Å². The van der Waals surface area contributed by atoms with Crippen LogP contribution < -0.4 is 0 Å². The Balaban J connectivity index is 2.67. The van der Waals surface area contributed by atoms with Crippen LogP contribution in [0.15, 0.2) is 0 Å². The van der Waals surface area contributed by atoms with Gasteiger partial charge in [-0.25, -0.2) is 4.79 Å². The van der Waals surface area contributed by atoms with Crippen LogP contribution in [0.25, 0.3) is 0 Å². The molecule has 0 aromatic heterocycles. The van der Waals surface area contributed by atoms with Gasteiger partial charge in [-0.3, -0.25) is 4.79 Å². The molecule has 0 aromatic carbocycles. The first kappa shape index (κ1) is 11.5. The Morgan fingerprint density at radius 3 is 2.57 bits per heavy atom. The van der Waals surface area contributed by atoms with E-state index in [4.69, 9.17) is 5.11 Å². The minimum Gasteiger partial charge on any atom is -0.465 e. The number of Topliss-reactive ketones (excluding diaryl/α,β-unsaturated/α-hetero) is 1. The van der Waals surface area contributed by atoms with Crippen molar-refractivity contribution in [1.82, 2.24) is 4.90 Å². The van der Waals surface area contributed by atoms with Gasteiger partial charge in [-0.2, -0.15) is 0 Å². The van der Waals surface area contributed by atoms with Crippen molar-refractivity contribution in [2.75, 3.05) is 18.4 Å². The van der Waals surface area contributed by atoms with Crippen LogP contribution in [0.3, 0.4) is 0 Å². The van der Waals surface area contributed by atoms with Crippen molar-refractivity contribution in [3.05, 3.63) is 0 Å². The van der Waals surface area contributed by atoms with Gasteiger partial charge in [0.1, 0.15) is 5.78 Å². The van der Waals surface area contributed by atoms with Crippen molar-refractivity contribution in [2.45, 2.75) is 13.3 Å². The number of amides is 1. The Kier molecular flexibility index (Phi) is 3.92. The second-order valence-electron chi connectivity index (χ2n) is 3.56. The van der Waals surface area contributed by atoms with E-state index in [-0.39, 0.29) is 17.6 Å². The van der Waals surface area contributed by atoms with E-state index in [1.165, 1.54) is 4.90 Å². The molecule has 0 unspecified atom stereocenters. The maximum atomic E-state index is 11.5. The van der Waals surface area contributed by atoms with Gasteiger partial charge in [0.05, 0.1) is 5.33 Å². The average Bonchev–Trinajstić information content (AvgIpc) is 2.60. The third kappa shape index (κ3) is 2.26. The number of ketones is 1. The van der Waals surface area contributed by atoms with Gasteiger partial charge < -0.3 is 10.0 Å². The van der Waals surface area contributed by atoms with E-state index in [0.29, 0.717) is 18.4 Å². The van der Waals surface area contributed by atoms with Crippen LogP contribution in [0.4, 0.5) is 4.79 Å². The number of halogens is 1. The number of carboxylic acid groups (broad SMARTS) is 1. The molecule has 14 heavy (non-hydrogen) atoms. The second kappa shape index (κ2) is 4.77. The fourth-order valence-corrected chi connectivity index (χ4v) is 2.32. The SMILES string of the molecule is CC[C@@H]1CN(C(=O)O)C[C@@H]1C(=O)CBr. The number of rotatable bonds is 3. The van der Waals surface area contributed by atoms with Gasteiger partial charge in [0.15, 0.2) is 0 Å². The molecule has 1 aliphatic rings. The van der Waals surface area contributed by atoms with Crippen molar-refractivity contribution in [1.29, 1.82) is 0 Å². The Morgan fingerprint density at radius 1 is 1.50 bits per heavy atom. The zero-order chi connectivity index (χ0) is 10.7. The third-order valence-corrected chi connectivity index (χ3v) is 3.33. The molecule has 4 nitrogen and oxygen atoms in total. The van der Waals surface area contributed by atoms with Crippen molar-refractivity contribution in [2.24, 2.45) is 11.8 Å². The average molecular weight is 264 g/mol. The van der Waals surface area contributed by atoms with Gasteiger partial charge in [-0.1, -0.05) is 29.3 Å². The minimum atomic E-state index is -0.923. The van der Waals surface area contributed by atoms with Crippen LogP contribution in [0.5, 0.6) is 0 Å². The van der Waals surface area contributed by atoms with E-state index >= 15 is 0 Å². The molecular formula is C9H14BrNO3. The smallest absolute Gasteiger partial charge is 0.407 e. The number of carbonyl (C=O) groups excluding carboxylic acids is 1. The van der Waals surface area contributed by atoms with Crippen molar-refractivity contribution in [3.8, 4) is 0 Å². The Morgan fingerprint density at radius 2 is 2.14 bits per heavy atom. The predicted molar refractivity (Wildman–Crippen MR) is 55.7 cm³/mol. The van der Waals surface area contributed by atoms with E-state index in [0.717, 1.165) is 6.42 Å². The normalized spacial score (nSPS) is 26.6. The van der Waals surface area contributed by atoms with Crippen molar-refractivity contribution >= 4 is 27.8 Å².